The van der Waals surface area contributed by atoms with Crippen molar-refractivity contribution < 1.29 is 33.9 Å². The van der Waals surface area contributed by atoms with Gasteiger partial charge in [0.2, 0.25) is 6.29 Å². The van der Waals surface area contributed by atoms with E-state index in [4.69, 9.17) is 23.7 Å². The van der Waals surface area contributed by atoms with Crippen molar-refractivity contribution in [2.45, 2.75) is 37.0 Å². The van der Waals surface area contributed by atoms with Crippen LogP contribution in [0.1, 0.15) is 11.9 Å². The van der Waals surface area contributed by atoms with Crippen LogP contribution in [0.25, 0.3) is 0 Å². The maximum Gasteiger partial charge on any atom is 0.229 e. The van der Waals surface area contributed by atoms with E-state index in [1.165, 1.54) is 0 Å². The third-order valence-corrected chi connectivity index (χ3v) is 4.72. The monoisotopic (exact) mass is 374 g/mol. The first kappa shape index (κ1) is 18.2. The van der Waals surface area contributed by atoms with E-state index in [2.05, 4.69) is 0 Å². The molecule has 0 aliphatic carbocycles. The summed E-state index contributed by atoms with van der Waals surface area (Å²) >= 11 is 0. The zero-order chi connectivity index (χ0) is 18.8. The van der Waals surface area contributed by atoms with E-state index in [0.29, 0.717) is 11.5 Å². The second-order valence-electron chi connectivity index (χ2n) is 6.49. The highest BCUT2D eigenvalue weighted by molar-refractivity contribution is 5.31. The Morgan fingerprint density at radius 1 is 0.889 bits per heavy atom. The largest absolute Gasteiger partial charge is 0.497 e. The van der Waals surface area contributed by atoms with Crippen LogP contribution in [0.15, 0.2) is 54.6 Å². The highest BCUT2D eigenvalue weighted by Crippen LogP contribution is 2.34. The molecule has 7 nitrogen and oxygen atoms in total. The summed E-state index contributed by atoms with van der Waals surface area (Å²) in [7, 11) is 1.58. The van der Waals surface area contributed by atoms with Gasteiger partial charge < -0.3 is 33.9 Å². The second kappa shape index (κ2) is 7.84. The van der Waals surface area contributed by atoms with Crippen LogP contribution >= 0.6 is 0 Å². The summed E-state index contributed by atoms with van der Waals surface area (Å²) in [6.07, 6.45) is -5.33. The average Bonchev–Trinajstić information content (AvgIpc) is 2.73. The Hall–Kier alpha value is -2.16. The lowest BCUT2D eigenvalue weighted by molar-refractivity contribution is -0.350. The van der Waals surface area contributed by atoms with Crippen LogP contribution in [0.2, 0.25) is 0 Å². The quantitative estimate of drug-likeness (QED) is 0.841. The molecule has 0 amide bonds. The summed E-state index contributed by atoms with van der Waals surface area (Å²) in [6.45, 7) is 0.219. The van der Waals surface area contributed by atoms with Gasteiger partial charge in [-0.2, -0.15) is 0 Å². The Labute approximate surface area is 157 Å². The van der Waals surface area contributed by atoms with Crippen LogP contribution in [0.4, 0.5) is 0 Å². The molecule has 2 N–H and O–H groups in total. The van der Waals surface area contributed by atoms with E-state index in [9.17, 15) is 10.2 Å². The fourth-order valence-electron chi connectivity index (χ4n) is 3.24. The van der Waals surface area contributed by atoms with Crippen molar-refractivity contribution in [3.8, 4) is 11.5 Å². The third kappa shape index (κ3) is 3.78. The molecule has 0 saturated carbocycles. The molecule has 144 valence electrons. The molecule has 2 heterocycles. The SMILES string of the molecule is COc1ccc(O[C@@H]2O[C@H]3COC(c4ccccc4)O[C@@H]3[C@H](O)[C@@H]2O)cc1. The summed E-state index contributed by atoms with van der Waals surface area (Å²) < 4.78 is 28.2. The maximum absolute atomic E-state index is 10.6. The van der Waals surface area contributed by atoms with Crippen LogP contribution in [0.3, 0.4) is 0 Å². The van der Waals surface area contributed by atoms with Gasteiger partial charge in [-0.25, -0.2) is 0 Å². The summed E-state index contributed by atoms with van der Waals surface area (Å²) in [6, 6.07) is 16.3. The minimum atomic E-state index is -1.26. The summed E-state index contributed by atoms with van der Waals surface area (Å²) in [4.78, 5) is 0. The Bertz CT molecular complexity index is 734. The highest BCUT2D eigenvalue weighted by Gasteiger charge is 2.49. The molecule has 0 spiro atoms. The number of aliphatic hydroxyl groups is 2. The smallest absolute Gasteiger partial charge is 0.229 e. The van der Waals surface area contributed by atoms with E-state index >= 15 is 0 Å². The van der Waals surface area contributed by atoms with Crippen LogP contribution < -0.4 is 9.47 Å². The molecule has 6 atom stereocenters. The molecule has 0 bridgehead atoms. The molecule has 7 heteroatoms. The number of ether oxygens (including phenoxy) is 5. The molecule has 0 aromatic heterocycles. The van der Waals surface area contributed by atoms with Crippen molar-refractivity contribution in [2.24, 2.45) is 0 Å². The van der Waals surface area contributed by atoms with Gasteiger partial charge in [0, 0.05) is 5.56 Å². The number of fused-ring (bicyclic) bond motifs is 1. The van der Waals surface area contributed by atoms with Gasteiger partial charge in [0.25, 0.3) is 0 Å². The Morgan fingerprint density at radius 2 is 1.59 bits per heavy atom. The van der Waals surface area contributed by atoms with Crippen molar-refractivity contribution in [3.05, 3.63) is 60.2 Å². The Morgan fingerprint density at radius 3 is 2.30 bits per heavy atom. The molecule has 4 rings (SSSR count). The molecule has 2 aromatic rings. The van der Waals surface area contributed by atoms with Gasteiger partial charge in [0.05, 0.1) is 13.7 Å². The molecule has 1 unspecified atom stereocenters. The van der Waals surface area contributed by atoms with Gasteiger partial charge in [-0.3, -0.25) is 0 Å². The standard InChI is InChI=1S/C20H22O7/c1-23-13-7-9-14(10-8-13)25-20-17(22)16(21)18-15(26-20)11-24-19(27-18)12-5-3-2-4-6-12/h2-10,15-22H,11H2,1H3/t15-,16+,17-,18-,19?,20+/m0/s1. The lowest BCUT2D eigenvalue weighted by atomic mass is 9.98. The van der Waals surface area contributed by atoms with E-state index < -0.39 is 37.0 Å². The number of benzene rings is 2. The third-order valence-electron chi connectivity index (χ3n) is 4.72. The highest BCUT2D eigenvalue weighted by atomic mass is 16.8. The first-order valence-corrected chi connectivity index (χ1v) is 8.80. The predicted octanol–water partition coefficient (Wildman–Crippen LogP) is 1.63. The fourth-order valence-corrected chi connectivity index (χ4v) is 3.24. The van der Waals surface area contributed by atoms with Gasteiger partial charge in [0.1, 0.15) is 35.9 Å². The van der Waals surface area contributed by atoms with E-state index in [0.717, 1.165) is 5.56 Å². The number of hydrogen-bond acceptors (Lipinski definition) is 7. The van der Waals surface area contributed by atoms with Crippen LogP contribution in [0, 0.1) is 0 Å². The first-order valence-electron chi connectivity index (χ1n) is 8.80. The second-order valence-corrected chi connectivity index (χ2v) is 6.49. The molecule has 2 fully saturated rings. The summed E-state index contributed by atoms with van der Waals surface area (Å²) in [5, 5.41) is 21.0. The topological polar surface area (TPSA) is 86.6 Å². The van der Waals surface area contributed by atoms with Gasteiger partial charge in [-0.05, 0) is 24.3 Å². The minimum absolute atomic E-state index is 0.219. The average molecular weight is 374 g/mol. The Balaban J connectivity index is 1.43. The molecule has 2 aliphatic rings. The molecule has 2 saturated heterocycles. The van der Waals surface area contributed by atoms with Gasteiger partial charge >= 0.3 is 0 Å². The normalized spacial score (nSPS) is 33.1. The maximum atomic E-state index is 10.6. The molecule has 27 heavy (non-hydrogen) atoms. The molecule has 0 radical (unpaired) electrons. The van der Waals surface area contributed by atoms with Crippen molar-refractivity contribution in [2.75, 3.05) is 13.7 Å². The van der Waals surface area contributed by atoms with E-state index in [-0.39, 0.29) is 6.61 Å². The predicted molar refractivity (Wildman–Crippen MR) is 94.3 cm³/mol. The van der Waals surface area contributed by atoms with Crippen LogP contribution in [-0.4, -0.2) is 54.6 Å². The van der Waals surface area contributed by atoms with Crippen molar-refractivity contribution in [1.82, 2.24) is 0 Å². The van der Waals surface area contributed by atoms with Crippen molar-refractivity contribution in [1.29, 1.82) is 0 Å². The number of methoxy groups -OCH3 is 1. The lowest BCUT2D eigenvalue weighted by Crippen LogP contribution is -2.62. The van der Waals surface area contributed by atoms with Crippen molar-refractivity contribution in [3.63, 3.8) is 0 Å². The van der Waals surface area contributed by atoms with Crippen LogP contribution in [-0.2, 0) is 14.2 Å². The fraction of sp³-hybridized carbons (Fsp3) is 0.400. The van der Waals surface area contributed by atoms with Gasteiger partial charge in [-0.1, -0.05) is 30.3 Å². The molecular formula is C20H22O7. The zero-order valence-corrected chi connectivity index (χ0v) is 14.8. The van der Waals surface area contributed by atoms with Gasteiger partial charge in [0.15, 0.2) is 6.29 Å². The minimum Gasteiger partial charge on any atom is -0.497 e. The number of aliphatic hydroxyl groups excluding tert-OH is 2. The zero-order valence-electron chi connectivity index (χ0n) is 14.8. The van der Waals surface area contributed by atoms with Crippen LogP contribution in [0.5, 0.6) is 11.5 Å². The number of rotatable bonds is 4. The van der Waals surface area contributed by atoms with Gasteiger partial charge in [-0.15, -0.1) is 0 Å². The summed E-state index contributed by atoms with van der Waals surface area (Å²) in [5.74, 6) is 1.18. The molecular weight excluding hydrogens is 352 g/mol. The first-order chi connectivity index (χ1) is 13.2. The Kier molecular flexibility index (Phi) is 5.29. The van der Waals surface area contributed by atoms with E-state index in [1.807, 2.05) is 30.3 Å². The molecule has 2 aromatic carbocycles. The van der Waals surface area contributed by atoms with E-state index in [1.54, 1.807) is 31.4 Å². The number of hydrogen-bond donors (Lipinski definition) is 2. The lowest BCUT2D eigenvalue weighted by Gasteiger charge is -2.46. The molecule has 2 aliphatic heterocycles. The summed E-state index contributed by atoms with van der Waals surface area (Å²) in [5.41, 5.74) is 0.842. The van der Waals surface area contributed by atoms with Crippen molar-refractivity contribution >= 4 is 0 Å².